The Morgan fingerprint density at radius 3 is 2.87 bits per heavy atom. The van der Waals surface area contributed by atoms with Crippen molar-refractivity contribution in [3.8, 4) is 5.88 Å². The number of halogens is 1. The number of H-pyrrole nitrogens is 3. The second-order valence-corrected chi connectivity index (χ2v) is 6.95. The molecule has 0 aliphatic rings. The van der Waals surface area contributed by atoms with Crippen LogP contribution >= 0.6 is 11.6 Å². The minimum atomic E-state index is -0.522. The average Bonchev–Trinajstić information content (AvgIpc) is 3.44. The number of rotatable bonds is 4. The smallest absolute Gasteiger partial charge is 0.326 e. The van der Waals surface area contributed by atoms with Crippen LogP contribution in [0.25, 0.3) is 11.7 Å². The maximum Gasteiger partial charge on any atom is 0.326 e. The van der Waals surface area contributed by atoms with Crippen LogP contribution < -0.4 is 21.7 Å². The van der Waals surface area contributed by atoms with Crippen molar-refractivity contribution >= 4 is 40.6 Å². The number of nitrogens with zero attached hydrogens (tertiary/aromatic N) is 5. The van der Waals surface area contributed by atoms with E-state index >= 15 is 0 Å². The van der Waals surface area contributed by atoms with Crippen LogP contribution in [0.3, 0.4) is 0 Å². The van der Waals surface area contributed by atoms with Crippen molar-refractivity contribution in [2.45, 2.75) is 0 Å². The zero-order chi connectivity index (χ0) is 21.4. The summed E-state index contributed by atoms with van der Waals surface area (Å²) in [6, 6.07) is 10.7. The van der Waals surface area contributed by atoms with Gasteiger partial charge in [-0.15, -0.1) is 0 Å². The van der Waals surface area contributed by atoms with Crippen molar-refractivity contribution in [3.63, 3.8) is 0 Å². The minimum Gasteiger partial charge on any atom is -0.493 e. The lowest BCUT2D eigenvalue weighted by Gasteiger charge is -2.06. The molecule has 5 aromatic rings. The monoisotopic (exact) mass is 435 g/mol. The van der Waals surface area contributed by atoms with Gasteiger partial charge in [0.15, 0.2) is 11.1 Å². The first-order valence-electron chi connectivity index (χ1n) is 9.04. The highest BCUT2D eigenvalue weighted by molar-refractivity contribution is 6.30. The number of hydrogen-bond donors (Lipinski definition) is 5. The average molecular weight is 436 g/mol. The molecule has 31 heavy (non-hydrogen) atoms. The highest BCUT2D eigenvalue weighted by Crippen LogP contribution is 2.18. The zero-order valence-electron chi connectivity index (χ0n) is 15.7. The predicted octanol–water partition coefficient (Wildman–Crippen LogP) is 1.35. The van der Waals surface area contributed by atoms with Crippen LogP contribution in [0, 0.1) is 0 Å². The third-order valence-electron chi connectivity index (χ3n) is 4.33. The highest BCUT2D eigenvalue weighted by atomic mass is 35.5. The van der Waals surface area contributed by atoms with E-state index in [1.54, 1.807) is 42.7 Å². The fourth-order valence-corrected chi connectivity index (χ4v) is 3.20. The summed E-state index contributed by atoms with van der Waals surface area (Å²) in [5.74, 6) is 0.754. The number of aromatic hydroxyl groups is 1. The molecule has 5 rings (SSSR count). The number of aromatic nitrogens is 7. The maximum absolute atomic E-state index is 11.4. The van der Waals surface area contributed by atoms with Crippen molar-refractivity contribution < 1.29 is 5.11 Å². The van der Waals surface area contributed by atoms with E-state index in [-0.39, 0.29) is 11.6 Å². The summed E-state index contributed by atoms with van der Waals surface area (Å²) in [6.07, 6.45) is 4.71. The Hall–Kier alpha value is -4.38. The molecule has 0 bridgehead atoms. The molecule has 4 aromatic heterocycles. The van der Waals surface area contributed by atoms with Crippen LogP contribution in [0.15, 0.2) is 58.6 Å². The lowest BCUT2D eigenvalue weighted by molar-refractivity contribution is 0.454. The van der Waals surface area contributed by atoms with Gasteiger partial charge in [-0.1, -0.05) is 17.7 Å². The number of nitrogens with one attached hydrogen (secondary N) is 4. The van der Waals surface area contributed by atoms with Crippen LogP contribution in [0.4, 0.5) is 17.3 Å². The molecule has 0 unspecified atom stereocenters. The first-order valence-corrected chi connectivity index (χ1v) is 9.41. The van der Waals surface area contributed by atoms with Gasteiger partial charge in [-0.3, -0.25) is 10.1 Å². The molecule has 1 aromatic carbocycles. The SMILES string of the molecule is O=c1[nH]c(O)c(/C=c2\cnn3/c(=N/c4ccn[nH]4)cc(Nc4cccc(Cl)c4)nc23)[nH]1. The zero-order valence-corrected chi connectivity index (χ0v) is 16.4. The van der Waals surface area contributed by atoms with Gasteiger partial charge in [-0.25, -0.2) is 14.8 Å². The van der Waals surface area contributed by atoms with Crippen LogP contribution in [0.5, 0.6) is 5.88 Å². The first-order chi connectivity index (χ1) is 15.0. The topological polar surface area (TPSA) is 152 Å². The Morgan fingerprint density at radius 2 is 2.13 bits per heavy atom. The summed E-state index contributed by atoms with van der Waals surface area (Å²) in [7, 11) is 0. The van der Waals surface area contributed by atoms with Gasteiger partial charge in [0.2, 0.25) is 5.88 Å². The molecule has 0 spiro atoms. The summed E-state index contributed by atoms with van der Waals surface area (Å²) in [5.41, 5.74) is 1.36. The summed E-state index contributed by atoms with van der Waals surface area (Å²) >= 11 is 6.08. The van der Waals surface area contributed by atoms with Crippen molar-refractivity contribution in [1.29, 1.82) is 0 Å². The van der Waals surface area contributed by atoms with Crippen molar-refractivity contribution in [2.75, 3.05) is 5.32 Å². The van der Waals surface area contributed by atoms with E-state index in [1.165, 1.54) is 4.52 Å². The van der Waals surface area contributed by atoms with E-state index in [9.17, 15) is 9.90 Å². The molecule has 4 heterocycles. The summed E-state index contributed by atoms with van der Waals surface area (Å²) in [4.78, 5) is 25.4. The molecule has 11 nitrogen and oxygen atoms in total. The third-order valence-corrected chi connectivity index (χ3v) is 4.57. The molecule has 0 radical (unpaired) electrons. The van der Waals surface area contributed by atoms with E-state index in [0.29, 0.717) is 33.0 Å². The molecule has 0 amide bonds. The number of imidazole rings is 1. The van der Waals surface area contributed by atoms with E-state index in [0.717, 1.165) is 5.69 Å². The van der Waals surface area contributed by atoms with E-state index in [4.69, 9.17) is 11.6 Å². The lowest BCUT2D eigenvalue weighted by atomic mass is 10.3. The van der Waals surface area contributed by atoms with Gasteiger partial charge in [-0.2, -0.15) is 14.7 Å². The van der Waals surface area contributed by atoms with Crippen LogP contribution in [-0.2, 0) is 0 Å². The normalized spacial score (nSPS) is 12.7. The Morgan fingerprint density at radius 1 is 1.23 bits per heavy atom. The lowest BCUT2D eigenvalue weighted by Crippen LogP contribution is -2.18. The number of anilines is 2. The quantitative estimate of drug-likeness (QED) is 0.287. The van der Waals surface area contributed by atoms with Gasteiger partial charge < -0.3 is 15.4 Å². The molecule has 12 heteroatoms. The second-order valence-electron chi connectivity index (χ2n) is 6.51. The largest absolute Gasteiger partial charge is 0.493 e. The van der Waals surface area contributed by atoms with E-state index < -0.39 is 5.69 Å². The molecule has 0 saturated heterocycles. The number of fused-ring (bicyclic) bond motifs is 1. The van der Waals surface area contributed by atoms with Gasteiger partial charge in [-0.05, 0) is 24.3 Å². The van der Waals surface area contributed by atoms with Gasteiger partial charge in [0.1, 0.15) is 17.3 Å². The van der Waals surface area contributed by atoms with Gasteiger partial charge in [0, 0.05) is 28.1 Å². The van der Waals surface area contributed by atoms with E-state index in [1.807, 2.05) is 12.1 Å². The Bertz CT molecular complexity index is 1560. The first kappa shape index (κ1) is 18.6. The van der Waals surface area contributed by atoms with Crippen LogP contribution in [-0.4, -0.2) is 39.9 Å². The molecular formula is C19H14ClN9O2. The third kappa shape index (κ3) is 3.76. The fourth-order valence-electron chi connectivity index (χ4n) is 3.01. The predicted molar refractivity (Wildman–Crippen MR) is 113 cm³/mol. The minimum absolute atomic E-state index is 0.210. The van der Waals surface area contributed by atoms with Gasteiger partial charge in [0.25, 0.3) is 0 Å². The summed E-state index contributed by atoms with van der Waals surface area (Å²) in [5, 5.41) is 25.3. The van der Waals surface area contributed by atoms with Gasteiger partial charge in [0.05, 0.1) is 12.4 Å². The van der Waals surface area contributed by atoms with E-state index in [2.05, 4.69) is 40.6 Å². The van der Waals surface area contributed by atoms with Gasteiger partial charge >= 0.3 is 5.69 Å². The number of hydrogen-bond acceptors (Lipinski definition) is 7. The molecular weight excluding hydrogens is 422 g/mol. The Kier molecular flexibility index (Phi) is 4.49. The number of aromatic amines is 3. The van der Waals surface area contributed by atoms with Crippen molar-refractivity contribution in [3.05, 3.63) is 80.7 Å². The van der Waals surface area contributed by atoms with Crippen LogP contribution in [0.2, 0.25) is 5.02 Å². The molecule has 154 valence electrons. The maximum atomic E-state index is 11.4. The highest BCUT2D eigenvalue weighted by Gasteiger charge is 2.09. The molecule has 0 saturated carbocycles. The summed E-state index contributed by atoms with van der Waals surface area (Å²) < 4.78 is 1.54. The Labute approximate surface area is 177 Å². The standard InChI is InChI=1S/C19H14ClN9O2/c20-11-2-1-3-12(7-11)23-15-8-16(25-14-4-5-21-28-14)29-17(26-15)10(9-22-29)6-13-18(30)27-19(31)24-13/h1-9,23,30H,(H,21,28)(H2,24,27,31)/b10-6+,25-16+. The molecule has 0 aliphatic carbocycles. The molecule has 5 N–H and O–H groups in total. The fraction of sp³-hybridized carbons (Fsp3) is 0. The Balaban J connectivity index is 1.72. The molecule has 0 aliphatic heterocycles. The van der Waals surface area contributed by atoms with Crippen molar-refractivity contribution in [2.24, 2.45) is 4.99 Å². The number of benzene rings is 1. The van der Waals surface area contributed by atoms with Crippen molar-refractivity contribution in [1.82, 2.24) is 34.8 Å². The molecule has 0 fully saturated rings. The van der Waals surface area contributed by atoms with Crippen LogP contribution in [0.1, 0.15) is 5.69 Å². The second kappa shape index (κ2) is 7.46. The summed E-state index contributed by atoms with van der Waals surface area (Å²) in [6.45, 7) is 0. The molecule has 0 atom stereocenters.